The van der Waals surface area contributed by atoms with Gasteiger partial charge < -0.3 is 14.4 Å². The average molecular weight is 157 g/mol. The molecule has 2 rings (SSSR count). The second kappa shape index (κ2) is 2.37. The van der Waals surface area contributed by atoms with Gasteiger partial charge in [-0.05, 0) is 6.42 Å². The van der Waals surface area contributed by atoms with Gasteiger partial charge in [-0.2, -0.15) is 0 Å². The van der Waals surface area contributed by atoms with Gasteiger partial charge in [0.05, 0.1) is 12.6 Å². The van der Waals surface area contributed by atoms with Gasteiger partial charge >= 0.3 is 6.09 Å². The van der Waals surface area contributed by atoms with Gasteiger partial charge in [0, 0.05) is 13.7 Å². The quantitative estimate of drug-likeness (QED) is 0.505. The first kappa shape index (κ1) is 6.91. The number of amides is 1. The highest BCUT2D eigenvalue weighted by atomic mass is 16.6. The van der Waals surface area contributed by atoms with E-state index in [9.17, 15) is 4.79 Å². The molecule has 11 heavy (non-hydrogen) atoms. The second-order valence-electron chi connectivity index (χ2n) is 2.96. The van der Waals surface area contributed by atoms with E-state index in [0.717, 1.165) is 13.0 Å². The van der Waals surface area contributed by atoms with Crippen LogP contribution >= 0.6 is 0 Å². The Morgan fingerprint density at radius 3 is 3.18 bits per heavy atom. The van der Waals surface area contributed by atoms with Crippen molar-refractivity contribution in [1.29, 1.82) is 0 Å². The SMILES string of the molecule is CN1C(=O)OC2COCCC21. The number of hydrogen-bond donors (Lipinski definition) is 0. The molecule has 0 saturated carbocycles. The van der Waals surface area contributed by atoms with Crippen molar-refractivity contribution in [2.45, 2.75) is 18.6 Å². The normalized spacial score (nSPS) is 36.8. The van der Waals surface area contributed by atoms with E-state index in [4.69, 9.17) is 9.47 Å². The second-order valence-corrected chi connectivity index (χ2v) is 2.96. The van der Waals surface area contributed by atoms with Crippen LogP contribution in [-0.2, 0) is 9.47 Å². The smallest absolute Gasteiger partial charge is 0.410 e. The van der Waals surface area contributed by atoms with Gasteiger partial charge in [0.25, 0.3) is 0 Å². The summed E-state index contributed by atoms with van der Waals surface area (Å²) in [6, 6.07) is 0.247. The Morgan fingerprint density at radius 2 is 2.45 bits per heavy atom. The molecule has 0 aliphatic carbocycles. The lowest BCUT2D eigenvalue weighted by atomic mass is 10.1. The third-order valence-electron chi connectivity index (χ3n) is 2.31. The Kier molecular flexibility index (Phi) is 1.49. The molecule has 2 atom stereocenters. The minimum atomic E-state index is -0.217. The number of likely N-dealkylation sites (N-methyl/N-ethyl adjacent to an activating group) is 1. The predicted octanol–water partition coefficient (Wildman–Crippen LogP) is 0.226. The van der Waals surface area contributed by atoms with Gasteiger partial charge in [-0.25, -0.2) is 4.79 Å². The van der Waals surface area contributed by atoms with Crippen LogP contribution in [0, 0.1) is 0 Å². The molecule has 0 aromatic rings. The lowest BCUT2D eigenvalue weighted by Gasteiger charge is -2.25. The van der Waals surface area contributed by atoms with Crippen LogP contribution in [0.25, 0.3) is 0 Å². The van der Waals surface area contributed by atoms with Crippen molar-refractivity contribution >= 4 is 6.09 Å². The van der Waals surface area contributed by atoms with Crippen LogP contribution in [0.1, 0.15) is 6.42 Å². The molecule has 1 amide bonds. The van der Waals surface area contributed by atoms with Gasteiger partial charge in [-0.15, -0.1) is 0 Å². The monoisotopic (exact) mass is 157 g/mol. The summed E-state index contributed by atoms with van der Waals surface area (Å²) >= 11 is 0. The first-order chi connectivity index (χ1) is 5.29. The van der Waals surface area contributed by atoms with Crippen molar-refractivity contribution in [3.63, 3.8) is 0 Å². The summed E-state index contributed by atoms with van der Waals surface area (Å²) < 4.78 is 10.2. The largest absolute Gasteiger partial charge is 0.441 e. The lowest BCUT2D eigenvalue weighted by molar-refractivity contribution is -0.00636. The highest BCUT2D eigenvalue weighted by Crippen LogP contribution is 2.23. The van der Waals surface area contributed by atoms with Crippen LogP contribution in [-0.4, -0.2) is 43.4 Å². The molecule has 2 fully saturated rings. The summed E-state index contributed by atoms with van der Waals surface area (Å²) in [5, 5.41) is 0. The van der Waals surface area contributed by atoms with Crippen molar-refractivity contribution in [3.05, 3.63) is 0 Å². The minimum Gasteiger partial charge on any atom is -0.441 e. The summed E-state index contributed by atoms with van der Waals surface area (Å²) in [6.07, 6.45) is 0.652. The number of fused-ring (bicyclic) bond motifs is 1. The summed E-state index contributed by atoms with van der Waals surface area (Å²) in [5.41, 5.74) is 0. The Balaban J connectivity index is 2.11. The van der Waals surface area contributed by atoms with Crippen LogP contribution in [0.5, 0.6) is 0 Å². The molecule has 0 bridgehead atoms. The predicted molar refractivity (Wildman–Crippen MR) is 37.3 cm³/mol. The Morgan fingerprint density at radius 1 is 1.64 bits per heavy atom. The fourth-order valence-corrected chi connectivity index (χ4v) is 1.60. The van der Waals surface area contributed by atoms with Crippen molar-refractivity contribution in [2.24, 2.45) is 0 Å². The summed E-state index contributed by atoms with van der Waals surface area (Å²) in [5.74, 6) is 0. The van der Waals surface area contributed by atoms with Gasteiger partial charge in [0.2, 0.25) is 0 Å². The molecule has 4 heteroatoms. The number of hydrogen-bond acceptors (Lipinski definition) is 3. The molecule has 2 saturated heterocycles. The lowest BCUT2D eigenvalue weighted by Crippen LogP contribution is -2.40. The molecule has 2 heterocycles. The highest BCUT2D eigenvalue weighted by molar-refractivity contribution is 5.70. The number of carbonyl (C=O) groups excluding carboxylic acids is 1. The van der Waals surface area contributed by atoms with E-state index in [1.165, 1.54) is 0 Å². The number of nitrogens with zero attached hydrogens (tertiary/aromatic N) is 1. The number of rotatable bonds is 0. The Hall–Kier alpha value is -0.770. The maximum absolute atomic E-state index is 11.0. The zero-order chi connectivity index (χ0) is 7.84. The first-order valence-corrected chi connectivity index (χ1v) is 3.80. The molecular formula is C7H11NO3. The standard InChI is InChI=1S/C7H11NO3/c1-8-5-2-3-10-4-6(5)11-7(8)9/h5-6H,2-4H2,1H3. The molecule has 0 aromatic heterocycles. The van der Waals surface area contributed by atoms with E-state index < -0.39 is 0 Å². The average Bonchev–Trinajstić information content (AvgIpc) is 2.30. The van der Waals surface area contributed by atoms with Crippen molar-refractivity contribution in [3.8, 4) is 0 Å². The fourth-order valence-electron chi connectivity index (χ4n) is 1.60. The van der Waals surface area contributed by atoms with Crippen LogP contribution in [0.2, 0.25) is 0 Å². The van der Waals surface area contributed by atoms with Gasteiger partial charge in [-0.1, -0.05) is 0 Å². The molecule has 0 spiro atoms. The van der Waals surface area contributed by atoms with Crippen molar-refractivity contribution < 1.29 is 14.3 Å². The third-order valence-corrected chi connectivity index (χ3v) is 2.31. The molecule has 2 unspecified atom stereocenters. The van der Waals surface area contributed by atoms with E-state index in [2.05, 4.69) is 0 Å². The van der Waals surface area contributed by atoms with E-state index >= 15 is 0 Å². The molecule has 62 valence electrons. The maximum atomic E-state index is 11.0. The Labute approximate surface area is 65.1 Å². The molecule has 2 aliphatic heterocycles. The van der Waals surface area contributed by atoms with Crippen molar-refractivity contribution in [1.82, 2.24) is 4.90 Å². The summed E-state index contributed by atoms with van der Waals surface area (Å²) in [7, 11) is 1.78. The van der Waals surface area contributed by atoms with E-state index in [0.29, 0.717) is 6.61 Å². The number of carbonyl (C=O) groups is 1. The molecule has 4 nitrogen and oxygen atoms in total. The topological polar surface area (TPSA) is 38.8 Å². The zero-order valence-corrected chi connectivity index (χ0v) is 6.45. The van der Waals surface area contributed by atoms with Gasteiger partial charge in [0.15, 0.2) is 0 Å². The van der Waals surface area contributed by atoms with Crippen LogP contribution in [0.3, 0.4) is 0 Å². The van der Waals surface area contributed by atoms with E-state index in [1.54, 1.807) is 11.9 Å². The summed E-state index contributed by atoms with van der Waals surface area (Å²) in [6.45, 7) is 1.29. The van der Waals surface area contributed by atoms with Gasteiger partial charge in [0.1, 0.15) is 6.10 Å². The highest BCUT2D eigenvalue weighted by Gasteiger charge is 2.41. The zero-order valence-electron chi connectivity index (χ0n) is 6.45. The van der Waals surface area contributed by atoms with Crippen LogP contribution in [0.4, 0.5) is 4.79 Å². The van der Waals surface area contributed by atoms with E-state index in [1.807, 2.05) is 0 Å². The maximum Gasteiger partial charge on any atom is 0.410 e. The minimum absolute atomic E-state index is 0.0266. The molecule has 0 aromatic carbocycles. The molecule has 0 radical (unpaired) electrons. The first-order valence-electron chi connectivity index (χ1n) is 3.80. The van der Waals surface area contributed by atoms with Crippen LogP contribution < -0.4 is 0 Å². The Bertz CT molecular complexity index is 183. The number of ether oxygens (including phenoxy) is 2. The van der Waals surface area contributed by atoms with E-state index in [-0.39, 0.29) is 18.2 Å². The summed E-state index contributed by atoms with van der Waals surface area (Å²) in [4.78, 5) is 12.6. The molecule has 0 N–H and O–H groups in total. The molecular weight excluding hydrogens is 146 g/mol. The third kappa shape index (κ3) is 0.976. The van der Waals surface area contributed by atoms with Crippen molar-refractivity contribution in [2.75, 3.05) is 20.3 Å². The fraction of sp³-hybridized carbons (Fsp3) is 0.857. The van der Waals surface area contributed by atoms with Gasteiger partial charge in [-0.3, -0.25) is 0 Å². The van der Waals surface area contributed by atoms with Crippen LogP contribution in [0.15, 0.2) is 0 Å². The molecule has 2 aliphatic rings.